The number of hydroxylamine groups is 2. The fourth-order valence-electron chi connectivity index (χ4n) is 4.65. The number of likely N-dealkylation sites (N-methyl/N-ethyl adjacent to an activating group) is 1. The van der Waals surface area contributed by atoms with Gasteiger partial charge in [0.15, 0.2) is 0 Å². The largest absolute Gasteiger partial charge is 0.313 e. The molecule has 6 rings (SSSR count). The number of anilines is 1. The average Bonchev–Trinajstić information content (AvgIpc) is 3.20. The molecule has 0 atom stereocenters. The number of benzodiazepines with no additional fused rings is 1. The maximum absolute atomic E-state index is 12.0. The van der Waals surface area contributed by atoms with Crippen LogP contribution in [-0.4, -0.2) is 54.9 Å². The lowest BCUT2D eigenvalue weighted by Crippen LogP contribution is -2.31. The van der Waals surface area contributed by atoms with Gasteiger partial charge in [0.1, 0.15) is 18.9 Å². The van der Waals surface area contributed by atoms with E-state index in [-0.39, 0.29) is 31.4 Å². The highest BCUT2D eigenvalue weighted by molar-refractivity contribution is 6.32. The molecule has 0 aromatic heterocycles. The summed E-state index contributed by atoms with van der Waals surface area (Å²) in [6, 6.07) is 30.5. The second-order valence-electron chi connectivity index (χ2n) is 9.33. The van der Waals surface area contributed by atoms with Gasteiger partial charge in [-0.25, -0.2) is 10.1 Å². The fourth-order valence-corrected chi connectivity index (χ4v) is 4.99. The number of rotatable bonds is 2. The summed E-state index contributed by atoms with van der Waals surface area (Å²) < 4.78 is 0. The molecule has 214 valence electrons. The van der Waals surface area contributed by atoms with Crippen LogP contribution in [-0.2, 0) is 4.79 Å². The monoisotopic (exact) mass is 619 g/mol. The van der Waals surface area contributed by atoms with Gasteiger partial charge in [-0.15, -0.1) is 12.4 Å². The van der Waals surface area contributed by atoms with Crippen LogP contribution in [0.2, 0.25) is 10.0 Å². The molecule has 0 saturated heterocycles. The Balaban J connectivity index is 0.000000189. The van der Waals surface area contributed by atoms with Crippen molar-refractivity contribution >= 4 is 64.4 Å². The SMILES string of the molecule is CN1C(=O)CN=C(c2ccccc2)c2cc(Cl)ccc21.CN=C1CN(O)C(c2ccccc2)=c2cc(Cl)ccc2=N1.Cl. The molecule has 7 nitrogen and oxygen atoms in total. The van der Waals surface area contributed by atoms with Crippen molar-refractivity contribution in [2.75, 3.05) is 32.1 Å². The van der Waals surface area contributed by atoms with Crippen molar-refractivity contribution in [1.29, 1.82) is 0 Å². The summed E-state index contributed by atoms with van der Waals surface area (Å²) in [6.07, 6.45) is 0. The lowest BCUT2D eigenvalue weighted by atomic mass is 10.0. The number of amides is 1. The van der Waals surface area contributed by atoms with Gasteiger partial charge in [0.05, 0.1) is 22.5 Å². The number of carbonyl (C=O) groups is 1. The molecule has 0 unspecified atom stereocenters. The van der Waals surface area contributed by atoms with Crippen LogP contribution in [0.1, 0.15) is 16.7 Å². The molecule has 4 aromatic carbocycles. The first-order valence-electron chi connectivity index (χ1n) is 12.9. The molecule has 1 amide bonds. The van der Waals surface area contributed by atoms with Crippen LogP contribution < -0.4 is 15.5 Å². The molecule has 2 aliphatic heterocycles. The van der Waals surface area contributed by atoms with Gasteiger partial charge in [-0.3, -0.25) is 20.0 Å². The highest BCUT2D eigenvalue weighted by Crippen LogP contribution is 2.28. The van der Waals surface area contributed by atoms with Gasteiger partial charge >= 0.3 is 0 Å². The maximum atomic E-state index is 12.0. The van der Waals surface area contributed by atoms with E-state index in [9.17, 15) is 10.0 Å². The van der Waals surface area contributed by atoms with Crippen LogP contribution >= 0.6 is 35.6 Å². The summed E-state index contributed by atoms with van der Waals surface area (Å²) in [7, 11) is 3.42. The van der Waals surface area contributed by atoms with Gasteiger partial charge in [0.25, 0.3) is 0 Å². The zero-order valence-corrected chi connectivity index (χ0v) is 25.2. The number of nitrogens with zero attached hydrogens (tertiary/aromatic N) is 5. The van der Waals surface area contributed by atoms with E-state index in [0.717, 1.165) is 38.7 Å². The van der Waals surface area contributed by atoms with Crippen molar-refractivity contribution in [3.05, 3.63) is 134 Å². The van der Waals surface area contributed by atoms with E-state index in [1.165, 1.54) is 5.06 Å². The van der Waals surface area contributed by atoms with Crippen molar-refractivity contribution in [1.82, 2.24) is 5.06 Å². The summed E-state index contributed by atoms with van der Waals surface area (Å²) in [6.45, 7) is 0.375. The maximum Gasteiger partial charge on any atom is 0.248 e. The lowest BCUT2D eigenvalue weighted by Gasteiger charge is -2.19. The normalized spacial score (nSPS) is 15.2. The van der Waals surface area contributed by atoms with Gasteiger partial charge < -0.3 is 4.90 Å². The van der Waals surface area contributed by atoms with Gasteiger partial charge in [0.2, 0.25) is 5.91 Å². The van der Waals surface area contributed by atoms with E-state index in [4.69, 9.17) is 23.2 Å². The Kier molecular flexibility index (Phi) is 10.1. The summed E-state index contributed by atoms with van der Waals surface area (Å²) >= 11 is 12.2. The lowest BCUT2D eigenvalue weighted by molar-refractivity contribution is -0.116. The topological polar surface area (TPSA) is 80.9 Å². The number of carbonyl (C=O) groups excluding carboxylic acids is 1. The third kappa shape index (κ3) is 6.72. The van der Waals surface area contributed by atoms with Crippen LogP contribution in [0.4, 0.5) is 5.69 Å². The zero-order chi connectivity index (χ0) is 28.9. The molecule has 0 saturated carbocycles. The standard InChI is InChI=1S/C16H14ClN3O.C16H13ClN2O.ClH/c1-18-15-10-20(21)16(11-5-3-2-4-6-11)13-9-12(17)7-8-14(13)19-15;1-19-14-8-7-12(17)9-13(14)16(18-10-15(19)20)11-5-3-2-4-6-11;/h2-9,21H,10H2,1H3;2-9H,10H2,1H3;1H. The Bertz CT molecular complexity index is 1780. The van der Waals surface area contributed by atoms with Crippen LogP contribution in [0.3, 0.4) is 0 Å². The smallest absolute Gasteiger partial charge is 0.248 e. The van der Waals surface area contributed by atoms with Crippen molar-refractivity contribution in [2.24, 2.45) is 15.0 Å². The molecule has 1 N–H and O–H groups in total. The minimum Gasteiger partial charge on any atom is -0.313 e. The van der Waals surface area contributed by atoms with E-state index < -0.39 is 0 Å². The first-order chi connectivity index (χ1) is 19.9. The van der Waals surface area contributed by atoms with E-state index in [0.29, 0.717) is 21.6 Å². The number of amidine groups is 1. The summed E-state index contributed by atoms with van der Waals surface area (Å²) in [5.74, 6) is 0.534. The highest BCUT2D eigenvalue weighted by atomic mass is 35.5. The molecule has 0 spiro atoms. The van der Waals surface area contributed by atoms with Crippen LogP contribution in [0, 0.1) is 0 Å². The van der Waals surface area contributed by atoms with E-state index >= 15 is 0 Å². The molecule has 2 heterocycles. The molecule has 0 fully saturated rings. The van der Waals surface area contributed by atoms with E-state index in [1.54, 1.807) is 31.1 Å². The molecule has 10 heteroatoms. The highest BCUT2D eigenvalue weighted by Gasteiger charge is 2.22. The number of hydrogen-bond acceptors (Lipinski definition) is 5. The van der Waals surface area contributed by atoms with Crippen LogP contribution in [0.25, 0.3) is 5.70 Å². The second kappa shape index (κ2) is 13.8. The molecule has 42 heavy (non-hydrogen) atoms. The Hall–Kier alpha value is -4.01. The number of fused-ring (bicyclic) bond motifs is 2. The zero-order valence-electron chi connectivity index (χ0n) is 22.9. The fraction of sp³-hybridized carbons (Fsp3) is 0.125. The first kappa shape index (κ1) is 30.9. The van der Waals surface area contributed by atoms with Gasteiger partial charge in [-0.05, 0) is 36.4 Å². The Morgan fingerprint density at radius 3 is 2.14 bits per heavy atom. The molecule has 0 radical (unpaired) electrons. The third-order valence-corrected chi connectivity index (χ3v) is 7.16. The Morgan fingerprint density at radius 1 is 0.857 bits per heavy atom. The number of benzene rings is 4. The van der Waals surface area contributed by atoms with Gasteiger partial charge in [-0.2, -0.15) is 0 Å². The summed E-state index contributed by atoms with van der Waals surface area (Å²) in [5.41, 5.74) is 5.09. The van der Waals surface area contributed by atoms with Crippen LogP contribution in [0.5, 0.6) is 0 Å². The van der Waals surface area contributed by atoms with Gasteiger partial charge in [-0.1, -0.05) is 83.9 Å². The molecular formula is C32H28Cl3N5O2. The molecule has 0 aliphatic carbocycles. The third-order valence-electron chi connectivity index (χ3n) is 6.69. The summed E-state index contributed by atoms with van der Waals surface area (Å²) in [5, 5.41) is 14.4. The van der Waals surface area contributed by atoms with Crippen molar-refractivity contribution in [3.8, 4) is 0 Å². The quantitative estimate of drug-likeness (QED) is 0.325. The predicted molar refractivity (Wildman–Crippen MR) is 172 cm³/mol. The minimum atomic E-state index is -0.0282. The van der Waals surface area contributed by atoms with Crippen molar-refractivity contribution in [3.63, 3.8) is 0 Å². The minimum absolute atomic E-state index is 0. The molecular weight excluding hydrogens is 593 g/mol. The second-order valence-corrected chi connectivity index (χ2v) is 10.2. The van der Waals surface area contributed by atoms with E-state index in [1.807, 2.05) is 84.9 Å². The number of hydrogen-bond donors (Lipinski definition) is 1. The Labute approximate surface area is 260 Å². The Morgan fingerprint density at radius 2 is 1.48 bits per heavy atom. The number of halogens is 3. The molecule has 0 bridgehead atoms. The first-order valence-corrected chi connectivity index (χ1v) is 13.6. The number of aliphatic imine (C=N–C) groups is 2. The van der Waals surface area contributed by atoms with Gasteiger partial charge in [0, 0.05) is 46.0 Å². The van der Waals surface area contributed by atoms with Crippen molar-refractivity contribution in [2.45, 2.75) is 0 Å². The average molecular weight is 621 g/mol. The van der Waals surface area contributed by atoms with Crippen molar-refractivity contribution < 1.29 is 10.0 Å². The predicted octanol–water partition coefficient (Wildman–Crippen LogP) is 5.42. The summed E-state index contributed by atoms with van der Waals surface area (Å²) in [4.78, 5) is 26.7. The van der Waals surface area contributed by atoms with Crippen LogP contribution in [0.15, 0.2) is 112 Å². The molecule has 2 aliphatic rings. The van der Waals surface area contributed by atoms with E-state index in [2.05, 4.69) is 15.0 Å². The molecule has 4 aromatic rings.